The lowest BCUT2D eigenvalue weighted by Crippen LogP contribution is -2.38. The van der Waals surface area contributed by atoms with Crippen LogP contribution in [0.2, 0.25) is 0 Å². The van der Waals surface area contributed by atoms with Gasteiger partial charge in [0.1, 0.15) is 0 Å². The van der Waals surface area contributed by atoms with Crippen LogP contribution in [-0.4, -0.2) is 32.7 Å². The summed E-state index contributed by atoms with van der Waals surface area (Å²) >= 11 is 0. The van der Waals surface area contributed by atoms with E-state index < -0.39 is 37.6 Å². The van der Waals surface area contributed by atoms with Gasteiger partial charge in [0.2, 0.25) is 0 Å². The van der Waals surface area contributed by atoms with Crippen molar-refractivity contribution in [2.24, 2.45) is 5.92 Å². The number of nitrogens with one attached hydrogen (secondary N) is 1. The van der Waals surface area contributed by atoms with Crippen LogP contribution < -0.4 is 5.32 Å². The van der Waals surface area contributed by atoms with E-state index in [-0.39, 0.29) is 12.8 Å². The quantitative estimate of drug-likeness (QED) is 0.424. The number of carboxylic acids is 2. The van der Waals surface area contributed by atoms with Crippen LogP contribution in [0.3, 0.4) is 0 Å². The minimum Gasteiger partial charge on any atom is -0.481 e. The molecule has 0 aliphatic carbocycles. The summed E-state index contributed by atoms with van der Waals surface area (Å²) in [5.74, 6) is -3.68. The molecule has 0 spiro atoms. The maximum Gasteiger partial charge on any atom is 0.307 e. The standard InChI is InChI=1S/C20H24NO6P/c22-17(23)12-11-16(20(24)25)19(28(26)27)18(15-9-5-2-6-10-15)21-13-14-7-3-1-4-8-14/h1-10,16,18-19,21,28H,11-13H2,(H,22,23)(H,24,25)(H,26,27). The second-order valence-electron chi connectivity index (χ2n) is 6.50. The van der Waals surface area contributed by atoms with E-state index in [2.05, 4.69) is 5.32 Å². The van der Waals surface area contributed by atoms with Crippen LogP contribution in [0.25, 0.3) is 0 Å². The van der Waals surface area contributed by atoms with Crippen LogP contribution in [0.15, 0.2) is 60.7 Å². The Morgan fingerprint density at radius 3 is 2.04 bits per heavy atom. The molecule has 0 amide bonds. The van der Waals surface area contributed by atoms with Gasteiger partial charge in [-0.1, -0.05) is 60.7 Å². The van der Waals surface area contributed by atoms with Gasteiger partial charge in [0.15, 0.2) is 8.03 Å². The van der Waals surface area contributed by atoms with E-state index in [0.717, 1.165) is 5.56 Å². The molecule has 28 heavy (non-hydrogen) atoms. The monoisotopic (exact) mass is 405 g/mol. The van der Waals surface area contributed by atoms with Crippen molar-refractivity contribution in [3.8, 4) is 0 Å². The number of carboxylic acid groups (broad SMARTS) is 2. The molecule has 0 saturated carbocycles. The van der Waals surface area contributed by atoms with Crippen molar-refractivity contribution < 1.29 is 29.3 Å². The number of rotatable bonds is 11. The van der Waals surface area contributed by atoms with Gasteiger partial charge in [-0.3, -0.25) is 14.2 Å². The Bertz CT molecular complexity index is 799. The summed E-state index contributed by atoms with van der Waals surface area (Å²) in [4.78, 5) is 32.8. The van der Waals surface area contributed by atoms with Gasteiger partial charge in [0, 0.05) is 19.0 Å². The highest BCUT2D eigenvalue weighted by Gasteiger charge is 2.38. The van der Waals surface area contributed by atoms with E-state index in [0.29, 0.717) is 12.1 Å². The molecule has 0 aliphatic heterocycles. The predicted octanol–water partition coefficient (Wildman–Crippen LogP) is 2.92. The summed E-state index contributed by atoms with van der Waals surface area (Å²) in [6.45, 7) is 0.372. The van der Waals surface area contributed by atoms with Crippen molar-refractivity contribution in [1.29, 1.82) is 0 Å². The van der Waals surface area contributed by atoms with Crippen LogP contribution in [0.5, 0.6) is 0 Å². The fourth-order valence-corrected chi connectivity index (χ4v) is 4.47. The molecule has 4 N–H and O–H groups in total. The highest BCUT2D eigenvalue weighted by atomic mass is 31.1. The number of hydrogen-bond donors (Lipinski definition) is 4. The number of aliphatic carboxylic acids is 2. The van der Waals surface area contributed by atoms with Crippen molar-refractivity contribution >= 4 is 20.0 Å². The summed E-state index contributed by atoms with van der Waals surface area (Å²) < 4.78 is 12.3. The SMILES string of the molecule is O=C(O)CCC(C(=O)O)C(C(NCc1ccccc1)c1ccccc1)[PH](=O)O. The molecule has 4 atom stereocenters. The van der Waals surface area contributed by atoms with Crippen molar-refractivity contribution in [3.05, 3.63) is 71.8 Å². The van der Waals surface area contributed by atoms with E-state index in [1.165, 1.54) is 0 Å². The zero-order valence-electron chi connectivity index (χ0n) is 15.2. The number of carbonyl (C=O) groups is 2. The Labute approximate surface area is 163 Å². The Morgan fingerprint density at radius 2 is 1.54 bits per heavy atom. The third kappa shape index (κ3) is 6.30. The molecule has 7 nitrogen and oxygen atoms in total. The average Bonchev–Trinajstić information content (AvgIpc) is 2.67. The Morgan fingerprint density at radius 1 is 0.964 bits per heavy atom. The number of benzene rings is 2. The Hall–Kier alpha value is -2.47. The summed E-state index contributed by atoms with van der Waals surface area (Å²) in [6.07, 6.45) is -0.606. The molecular formula is C20H24NO6P. The van der Waals surface area contributed by atoms with Crippen LogP contribution in [-0.2, 0) is 20.7 Å². The largest absolute Gasteiger partial charge is 0.481 e. The lowest BCUT2D eigenvalue weighted by molar-refractivity contribution is -0.143. The molecule has 0 aliphatic rings. The molecule has 0 bridgehead atoms. The zero-order chi connectivity index (χ0) is 20.5. The van der Waals surface area contributed by atoms with E-state index in [9.17, 15) is 24.2 Å². The second kappa shape index (κ2) is 10.8. The van der Waals surface area contributed by atoms with E-state index in [1.54, 1.807) is 30.3 Å². The van der Waals surface area contributed by atoms with Gasteiger partial charge in [-0.15, -0.1) is 0 Å². The molecule has 2 aromatic carbocycles. The van der Waals surface area contributed by atoms with E-state index in [4.69, 9.17) is 5.11 Å². The van der Waals surface area contributed by atoms with Crippen molar-refractivity contribution in [1.82, 2.24) is 5.32 Å². The first-order valence-electron chi connectivity index (χ1n) is 8.89. The van der Waals surface area contributed by atoms with Gasteiger partial charge in [0.25, 0.3) is 0 Å². The highest BCUT2D eigenvalue weighted by Crippen LogP contribution is 2.41. The maximum absolute atomic E-state index is 12.3. The van der Waals surface area contributed by atoms with Gasteiger partial charge in [-0.05, 0) is 17.5 Å². The third-order valence-electron chi connectivity index (χ3n) is 4.59. The fourth-order valence-electron chi connectivity index (χ4n) is 3.22. The molecule has 2 rings (SSSR count). The van der Waals surface area contributed by atoms with Crippen molar-refractivity contribution in [2.45, 2.75) is 31.1 Å². The molecule has 4 unspecified atom stereocenters. The summed E-state index contributed by atoms with van der Waals surface area (Å²) in [5, 5.41) is 21.8. The molecule has 0 heterocycles. The number of hydrogen-bond acceptors (Lipinski definition) is 4. The van der Waals surface area contributed by atoms with Crippen LogP contribution in [0.1, 0.15) is 30.0 Å². The molecule has 0 radical (unpaired) electrons. The summed E-state index contributed by atoms with van der Waals surface area (Å²) in [7, 11) is -3.30. The first-order chi connectivity index (χ1) is 13.4. The topological polar surface area (TPSA) is 124 Å². The lowest BCUT2D eigenvalue weighted by atomic mass is 9.90. The molecule has 150 valence electrons. The molecule has 2 aromatic rings. The van der Waals surface area contributed by atoms with Crippen molar-refractivity contribution in [2.75, 3.05) is 0 Å². The molecule has 8 heteroatoms. The minimum atomic E-state index is -3.30. The van der Waals surface area contributed by atoms with Crippen LogP contribution >= 0.6 is 8.03 Å². The molecule has 0 saturated heterocycles. The Kier molecular flexibility index (Phi) is 8.39. The van der Waals surface area contributed by atoms with Gasteiger partial charge in [0.05, 0.1) is 11.6 Å². The lowest BCUT2D eigenvalue weighted by Gasteiger charge is -2.31. The van der Waals surface area contributed by atoms with Crippen LogP contribution in [0.4, 0.5) is 0 Å². The van der Waals surface area contributed by atoms with Gasteiger partial charge in [-0.2, -0.15) is 0 Å². The first kappa shape index (κ1) is 21.8. The van der Waals surface area contributed by atoms with Crippen molar-refractivity contribution in [3.63, 3.8) is 0 Å². The normalized spacial score (nSPS) is 15.3. The smallest absolute Gasteiger partial charge is 0.307 e. The van der Waals surface area contributed by atoms with Gasteiger partial charge in [-0.25, -0.2) is 0 Å². The second-order valence-corrected chi connectivity index (χ2v) is 7.84. The molecule has 0 aromatic heterocycles. The summed E-state index contributed by atoms with van der Waals surface area (Å²) in [6, 6.07) is 17.5. The van der Waals surface area contributed by atoms with E-state index >= 15 is 0 Å². The predicted molar refractivity (Wildman–Crippen MR) is 105 cm³/mol. The van der Waals surface area contributed by atoms with E-state index in [1.807, 2.05) is 30.3 Å². The Balaban J connectivity index is 2.36. The summed E-state index contributed by atoms with van der Waals surface area (Å²) in [5.41, 5.74) is 0.475. The van der Waals surface area contributed by atoms with Gasteiger partial charge < -0.3 is 20.4 Å². The first-order valence-corrected chi connectivity index (χ1v) is 10.3. The van der Waals surface area contributed by atoms with Crippen LogP contribution in [0, 0.1) is 5.92 Å². The third-order valence-corrected chi connectivity index (χ3v) is 5.90. The van der Waals surface area contributed by atoms with Gasteiger partial charge >= 0.3 is 11.9 Å². The highest BCUT2D eigenvalue weighted by molar-refractivity contribution is 7.39. The molecular weight excluding hydrogens is 381 g/mol. The molecule has 0 fully saturated rings. The maximum atomic E-state index is 12.3. The zero-order valence-corrected chi connectivity index (χ0v) is 16.2. The fraction of sp³-hybridized carbons (Fsp3) is 0.300. The average molecular weight is 405 g/mol. The minimum absolute atomic E-state index is 0.220.